The van der Waals surface area contributed by atoms with Gasteiger partial charge >= 0.3 is 5.97 Å². The number of nitrogens with one attached hydrogen (secondary N) is 2. The number of carbonyl (C=O) groups is 2. The van der Waals surface area contributed by atoms with Gasteiger partial charge in [0.1, 0.15) is 5.56 Å². The molecule has 4 rings (SSSR count). The number of hydrogen-bond acceptors (Lipinski definition) is 5. The summed E-state index contributed by atoms with van der Waals surface area (Å²) in [6.07, 6.45) is 1.52. The third-order valence-corrected chi connectivity index (χ3v) is 4.85. The molecule has 0 radical (unpaired) electrons. The van der Waals surface area contributed by atoms with Crippen LogP contribution in [-0.4, -0.2) is 53.0 Å². The number of aromatic amines is 1. The number of pyridine rings is 1. The van der Waals surface area contributed by atoms with Crippen LogP contribution in [0.1, 0.15) is 26.5 Å². The Kier molecular flexibility index (Phi) is 6.36. The second-order valence-electron chi connectivity index (χ2n) is 6.52. The van der Waals surface area contributed by atoms with Crippen molar-refractivity contribution in [3.63, 3.8) is 0 Å². The standard InChI is InChI=1S/C11H8ClNO3.C9H12N2O2/c1-5-2-3-7-6(4-5)9(12)8(11(15)16)10(14)13-7;12-9(8-2-1-7-13-8)11-5-3-10-4-6-11/h2-4H,1H3,(H,13,14)(H,15,16);1-2,7,10H,3-6H2. The van der Waals surface area contributed by atoms with Crippen LogP contribution in [0.2, 0.25) is 5.02 Å². The molecule has 1 fully saturated rings. The van der Waals surface area contributed by atoms with E-state index >= 15 is 0 Å². The van der Waals surface area contributed by atoms with Gasteiger partial charge in [-0.05, 0) is 31.2 Å². The first-order chi connectivity index (χ1) is 13.9. The van der Waals surface area contributed by atoms with E-state index in [9.17, 15) is 14.4 Å². The van der Waals surface area contributed by atoms with Gasteiger partial charge in [0.15, 0.2) is 5.76 Å². The molecular weight excluding hydrogens is 398 g/mol. The molecule has 1 aromatic carbocycles. The van der Waals surface area contributed by atoms with Crippen LogP contribution in [0, 0.1) is 6.92 Å². The number of aromatic carboxylic acids is 1. The van der Waals surface area contributed by atoms with Crippen molar-refractivity contribution in [2.24, 2.45) is 0 Å². The Balaban J connectivity index is 0.000000169. The normalized spacial score (nSPS) is 13.7. The number of aryl methyl sites for hydroxylation is 1. The van der Waals surface area contributed by atoms with Crippen molar-refractivity contribution in [3.8, 4) is 0 Å². The van der Waals surface area contributed by atoms with Gasteiger partial charge in [-0.1, -0.05) is 23.2 Å². The molecule has 1 aliphatic rings. The van der Waals surface area contributed by atoms with Crippen LogP contribution in [-0.2, 0) is 0 Å². The van der Waals surface area contributed by atoms with Crippen molar-refractivity contribution in [2.45, 2.75) is 6.92 Å². The number of rotatable bonds is 2. The van der Waals surface area contributed by atoms with Crippen molar-refractivity contribution in [1.82, 2.24) is 15.2 Å². The molecule has 0 atom stereocenters. The van der Waals surface area contributed by atoms with Crippen molar-refractivity contribution >= 4 is 34.4 Å². The number of benzene rings is 1. The number of aromatic nitrogens is 1. The summed E-state index contributed by atoms with van der Waals surface area (Å²) in [7, 11) is 0. The molecule has 3 N–H and O–H groups in total. The zero-order chi connectivity index (χ0) is 21.0. The Labute approximate surface area is 171 Å². The summed E-state index contributed by atoms with van der Waals surface area (Å²) in [4.78, 5) is 38.3. The number of amides is 1. The van der Waals surface area contributed by atoms with Crippen molar-refractivity contribution < 1.29 is 19.1 Å². The Hall–Kier alpha value is -3.10. The zero-order valence-electron chi connectivity index (χ0n) is 15.7. The van der Waals surface area contributed by atoms with Crippen molar-refractivity contribution in [1.29, 1.82) is 0 Å². The number of piperazine rings is 1. The SMILES string of the molecule is Cc1ccc2[nH]c(=O)c(C(=O)O)c(Cl)c2c1.O=C(c1ccco1)N1CCNCC1. The highest BCUT2D eigenvalue weighted by Gasteiger charge is 2.19. The number of furan rings is 1. The smallest absolute Gasteiger partial charge is 0.342 e. The van der Waals surface area contributed by atoms with Crippen LogP contribution in [0.4, 0.5) is 0 Å². The van der Waals surface area contributed by atoms with Gasteiger partial charge in [-0.3, -0.25) is 9.59 Å². The van der Waals surface area contributed by atoms with E-state index in [1.807, 2.05) is 13.0 Å². The molecule has 1 saturated heterocycles. The minimum atomic E-state index is -1.32. The lowest BCUT2D eigenvalue weighted by Crippen LogP contribution is -2.46. The van der Waals surface area contributed by atoms with E-state index in [1.54, 1.807) is 29.2 Å². The fourth-order valence-electron chi connectivity index (χ4n) is 2.98. The molecule has 9 heteroatoms. The fourth-order valence-corrected chi connectivity index (χ4v) is 3.31. The lowest BCUT2D eigenvalue weighted by molar-refractivity contribution is 0.0690. The monoisotopic (exact) mass is 417 g/mol. The number of carbonyl (C=O) groups excluding carboxylic acids is 1. The molecule has 1 amide bonds. The van der Waals surface area contributed by atoms with Crippen molar-refractivity contribution in [3.05, 3.63) is 68.9 Å². The van der Waals surface area contributed by atoms with E-state index in [0.29, 0.717) is 16.7 Å². The molecule has 2 aromatic heterocycles. The molecule has 0 bridgehead atoms. The lowest BCUT2D eigenvalue weighted by atomic mass is 10.1. The van der Waals surface area contributed by atoms with E-state index in [0.717, 1.165) is 31.7 Å². The van der Waals surface area contributed by atoms with E-state index in [1.165, 1.54) is 6.26 Å². The Morgan fingerprint density at radius 1 is 1.21 bits per heavy atom. The van der Waals surface area contributed by atoms with Crippen molar-refractivity contribution in [2.75, 3.05) is 26.2 Å². The Morgan fingerprint density at radius 3 is 2.55 bits per heavy atom. The predicted molar refractivity (Wildman–Crippen MR) is 109 cm³/mol. The minimum Gasteiger partial charge on any atom is -0.477 e. The van der Waals surface area contributed by atoms with Gasteiger partial charge in [0.05, 0.1) is 11.3 Å². The lowest BCUT2D eigenvalue weighted by Gasteiger charge is -2.26. The average molecular weight is 418 g/mol. The van der Waals surface area contributed by atoms with Gasteiger partial charge < -0.3 is 24.7 Å². The largest absolute Gasteiger partial charge is 0.477 e. The minimum absolute atomic E-state index is 0.00787. The number of hydrogen-bond donors (Lipinski definition) is 3. The third kappa shape index (κ3) is 4.67. The fraction of sp³-hybridized carbons (Fsp3) is 0.250. The zero-order valence-corrected chi connectivity index (χ0v) is 16.5. The number of nitrogens with zero attached hydrogens (tertiary/aromatic N) is 1. The van der Waals surface area contributed by atoms with E-state index in [2.05, 4.69) is 10.3 Å². The molecule has 1 aliphatic heterocycles. The molecule has 0 aliphatic carbocycles. The van der Waals surface area contributed by atoms with Gasteiger partial charge in [-0.25, -0.2) is 4.79 Å². The Bertz CT molecular complexity index is 1090. The predicted octanol–water partition coefficient (Wildman–Crippen LogP) is 2.51. The molecular formula is C20H20ClN3O5. The topological polar surface area (TPSA) is 116 Å². The molecule has 152 valence electrons. The molecule has 0 unspecified atom stereocenters. The second-order valence-corrected chi connectivity index (χ2v) is 6.89. The average Bonchev–Trinajstić information content (AvgIpc) is 3.24. The molecule has 0 spiro atoms. The van der Waals surface area contributed by atoms with Gasteiger partial charge in [0.2, 0.25) is 0 Å². The van der Waals surface area contributed by atoms with Gasteiger partial charge in [-0.2, -0.15) is 0 Å². The van der Waals surface area contributed by atoms with Crippen LogP contribution < -0.4 is 10.9 Å². The number of halogens is 1. The maximum Gasteiger partial charge on any atom is 0.342 e. The Morgan fingerprint density at radius 2 is 1.93 bits per heavy atom. The first-order valence-corrected chi connectivity index (χ1v) is 9.35. The number of fused-ring (bicyclic) bond motifs is 1. The molecule has 3 aromatic rings. The van der Waals surface area contributed by atoms with E-state index in [4.69, 9.17) is 21.1 Å². The maximum absolute atomic E-state index is 11.7. The molecule has 3 heterocycles. The molecule has 8 nitrogen and oxygen atoms in total. The summed E-state index contributed by atoms with van der Waals surface area (Å²) < 4.78 is 5.04. The summed E-state index contributed by atoms with van der Waals surface area (Å²) in [5, 5.41) is 12.6. The second kappa shape index (κ2) is 8.93. The maximum atomic E-state index is 11.7. The highest BCUT2D eigenvalue weighted by molar-refractivity contribution is 6.38. The summed E-state index contributed by atoms with van der Waals surface area (Å²) in [6, 6.07) is 8.68. The van der Waals surface area contributed by atoms with E-state index < -0.39 is 17.1 Å². The molecule has 0 saturated carbocycles. The van der Waals surface area contributed by atoms with Crippen LogP contribution in [0.3, 0.4) is 0 Å². The van der Waals surface area contributed by atoms with Crippen LogP contribution in [0.25, 0.3) is 10.9 Å². The molecule has 29 heavy (non-hydrogen) atoms. The third-order valence-electron chi connectivity index (χ3n) is 4.46. The quantitative estimate of drug-likeness (QED) is 0.590. The number of carboxylic acids is 1. The summed E-state index contributed by atoms with van der Waals surface area (Å²) in [5.41, 5.74) is 0.372. The number of carboxylic acid groups (broad SMARTS) is 1. The van der Waals surface area contributed by atoms with E-state index in [-0.39, 0.29) is 10.9 Å². The van der Waals surface area contributed by atoms with Crippen LogP contribution in [0.15, 0.2) is 45.8 Å². The first-order valence-electron chi connectivity index (χ1n) is 8.97. The summed E-state index contributed by atoms with van der Waals surface area (Å²) in [5.74, 6) is -0.900. The number of H-pyrrole nitrogens is 1. The van der Waals surface area contributed by atoms with Gasteiger partial charge in [0.25, 0.3) is 11.5 Å². The highest BCUT2D eigenvalue weighted by Crippen LogP contribution is 2.24. The van der Waals surface area contributed by atoms with Gasteiger partial charge in [0, 0.05) is 37.1 Å². The van der Waals surface area contributed by atoms with Crippen LogP contribution in [0.5, 0.6) is 0 Å². The summed E-state index contributed by atoms with van der Waals surface area (Å²) >= 11 is 5.91. The summed E-state index contributed by atoms with van der Waals surface area (Å²) in [6.45, 7) is 5.12. The van der Waals surface area contributed by atoms with Crippen LogP contribution >= 0.6 is 11.6 Å². The first kappa shape index (κ1) is 20.6. The van der Waals surface area contributed by atoms with Gasteiger partial charge in [-0.15, -0.1) is 0 Å². The highest BCUT2D eigenvalue weighted by atomic mass is 35.5.